The average Bonchev–Trinajstić information content (AvgIpc) is 2.54. The molecule has 26 heavy (non-hydrogen) atoms. The number of carbonyl (C=O) groups is 1. The molecule has 0 unspecified atom stereocenters. The van der Waals surface area contributed by atoms with Crippen molar-refractivity contribution in [3.63, 3.8) is 0 Å². The summed E-state index contributed by atoms with van der Waals surface area (Å²) in [5.41, 5.74) is 6.42. The van der Waals surface area contributed by atoms with Crippen molar-refractivity contribution in [2.24, 2.45) is 16.6 Å². The molecule has 0 saturated heterocycles. The van der Waals surface area contributed by atoms with E-state index >= 15 is 0 Å². The van der Waals surface area contributed by atoms with Crippen molar-refractivity contribution in [3.05, 3.63) is 24.3 Å². The molecule has 6 nitrogen and oxygen atoms in total. The van der Waals surface area contributed by atoms with E-state index in [0.717, 1.165) is 37.1 Å². The largest absolute Gasteiger partial charge is 0.497 e. The molecule has 0 atom stereocenters. The molecule has 0 amide bonds. The number of methoxy groups -OCH3 is 1. The van der Waals surface area contributed by atoms with Gasteiger partial charge in [0.25, 0.3) is 0 Å². The highest BCUT2D eigenvalue weighted by Crippen LogP contribution is 2.28. The number of halogens is 1. The number of benzene rings is 1. The maximum Gasteiger partial charge on any atom is 0.309 e. The number of hydrogen-bond acceptors (Lipinski definition) is 4. The molecule has 0 heterocycles. The van der Waals surface area contributed by atoms with E-state index in [0.29, 0.717) is 5.96 Å². The Balaban J connectivity index is 0.00000338. The number of guanidine groups is 1. The van der Waals surface area contributed by atoms with Crippen molar-refractivity contribution in [1.29, 1.82) is 0 Å². The Morgan fingerprint density at radius 3 is 2.46 bits per heavy atom. The third-order valence-corrected chi connectivity index (χ3v) is 4.10. The molecule has 0 aliphatic heterocycles. The quantitative estimate of drug-likeness (QED) is 0.298. The lowest BCUT2D eigenvalue weighted by Gasteiger charge is -2.28. The number of nitrogens with two attached hydrogens (primary N) is 1. The molecule has 1 saturated carbocycles. The van der Waals surface area contributed by atoms with Gasteiger partial charge in [-0.2, -0.15) is 0 Å². The molecule has 1 aliphatic rings. The number of hydrogen-bond donors (Lipinski definition) is 2. The second-order valence-electron chi connectivity index (χ2n) is 7.41. The summed E-state index contributed by atoms with van der Waals surface area (Å²) in [5.74, 6) is 1.01. The Hall–Kier alpha value is -1.51. The molecule has 2 rings (SSSR count). The molecule has 1 aromatic rings. The molecule has 7 heteroatoms. The standard InChI is InChI=1S/C19H29N3O3.HI/c1-19(2,3)25-17(23)13-8-10-14(11-9-13)21-18(20)22-15-6-5-7-16(12-15)24-4;/h5-7,12-14H,8-11H2,1-4H3,(H3,20,21,22);1H. The van der Waals surface area contributed by atoms with Crippen molar-refractivity contribution in [2.75, 3.05) is 12.4 Å². The number of nitrogens with one attached hydrogen (secondary N) is 1. The molecule has 0 aromatic heterocycles. The summed E-state index contributed by atoms with van der Waals surface area (Å²) in [6.07, 6.45) is 3.25. The molecule has 146 valence electrons. The summed E-state index contributed by atoms with van der Waals surface area (Å²) in [5, 5.41) is 3.09. The lowest BCUT2D eigenvalue weighted by atomic mass is 9.86. The van der Waals surface area contributed by atoms with Crippen LogP contribution in [0.3, 0.4) is 0 Å². The molecule has 1 aliphatic carbocycles. The maximum absolute atomic E-state index is 12.1. The summed E-state index contributed by atoms with van der Waals surface area (Å²) in [6, 6.07) is 7.67. The minimum absolute atomic E-state index is 0. The first-order chi connectivity index (χ1) is 11.8. The van der Waals surface area contributed by atoms with Gasteiger partial charge in [0.2, 0.25) is 0 Å². The highest BCUT2D eigenvalue weighted by molar-refractivity contribution is 14.0. The van der Waals surface area contributed by atoms with Crippen LogP contribution in [0.25, 0.3) is 0 Å². The van der Waals surface area contributed by atoms with Crippen LogP contribution in [-0.2, 0) is 9.53 Å². The molecule has 1 aromatic carbocycles. The fraction of sp³-hybridized carbons (Fsp3) is 0.579. The van der Waals surface area contributed by atoms with Crippen molar-refractivity contribution >= 4 is 41.6 Å². The minimum atomic E-state index is -0.433. The summed E-state index contributed by atoms with van der Waals surface area (Å²) in [6.45, 7) is 5.68. The van der Waals surface area contributed by atoms with Crippen LogP contribution in [0.15, 0.2) is 29.3 Å². The summed E-state index contributed by atoms with van der Waals surface area (Å²) in [7, 11) is 1.62. The van der Waals surface area contributed by atoms with Gasteiger partial charge in [0, 0.05) is 11.8 Å². The van der Waals surface area contributed by atoms with Gasteiger partial charge in [0.1, 0.15) is 11.4 Å². The lowest BCUT2D eigenvalue weighted by molar-refractivity contribution is -0.161. The third-order valence-electron chi connectivity index (χ3n) is 4.10. The van der Waals surface area contributed by atoms with E-state index in [9.17, 15) is 4.79 Å². The normalized spacial score (nSPS) is 20.7. The first-order valence-corrected chi connectivity index (χ1v) is 8.74. The molecular weight excluding hydrogens is 445 g/mol. The van der Waals surface area contributed by atoms with E-state index < -0.39 is 5.60 Å². The van der Waals surface area contributed by atoms with E-state index in [4.69, 9.17) is 15.2 Å². The van der Waals surface area contributed by atoms with Gasteiger partial charge in [-0.05, 0) is 58.6 Å². The summed E-state index contributed by atoms with van der Waals surface area (Å²) < 4.78 is 10.7. The molecule has 0 bridgehead atoms. The van der Waals surface area contributed by atoms with Gasteiger partial charge in [-0.1, -0.05) is 6.07 Å². The van der Waals surface area contributed by atoms with Gasteiger partial charge < -0.3 is 20.5 Å². The Labute approximate surface area is 172 Å². The molecule has 0 radical (unpaired) electrons. The van der Waals surface area contributed by atoms with E-state index in [-0.39, 0.29) is 41.9 Å². The van der Waals surface area contributed by atoms with E-state index in [1.165, 1.54) is 0 Å². The zero-order chi connectivity index (χ0) is 18.4. The highest BCUT2D eigenvalue weighted by atomic mass is 127. The van der Waals surface area contributed by atoms with Crippen molar-refractivity contribution < 1.29 is 14.3 Å². The lowest BCUT2D eigenvalue weighted by Crippen LogP contribution is -2.32. The van der Waals surface area contributed by atoms with E-state index in [1.54, 1.807) is 7.11 Å². The van der Waals surface area contributed by atoms with Gasteiger partial charge in [-0.3, -0.25) is 4.79 Å². The number of nitrogens with zero attached hydrogens (tertiary/aromatic N) is 1. The second-order valence-corrected chi connectivity index (χ2v) is 7.41. The number of aliphatic imine (C=N–C) groups is 1. The molecular formula is C19H30IN3O3. The Bertz CT molecular complexity index is 621. The van der Waals surface area contributed by atoms with Gasteiger partial charge in [0.15, 0.2) is 5.96 Å². The van der Waals surface area contributed by atoms with Crippen LogP contribution in [0, 0.1) is 5.92 Å². The monoisotopic (exact) mass is 475 g/mol. The predicted molar refractivity (Wildman–Crippen MR) is 115 cm³/mol. The van der Waals surface area contributed by atoms with Crippen LogP contribution in [0.5, 0.6) is 5.75 Å². The maximum atomic E-state index is 12.1. The van der Waals surface area contributed by atoms with Crippen molar-refractivity contribution in [3.8, 4) is 5.75 Å². The Morgan fingerprint density at radius 1 is 1.23 bits per heavy atom. The fourth-order valence-electron chi connectivity index (χ4n) is 2.90. The van der Waals surface area contributed by atoms with Crippen LogP contribution in [0.4, 0.5) is 5.69 Å². The Morgan fingerprint density at radius 2 is 1.88 bits per heavy atom. The van der Waals surface area contributed by atoms with Crippen LogP contribution >= 0.6 is 24.0 Å². The van der Waals surface area contributed by atoms with Gasteiger partial charge >= 0.3 is 5.97 Å². The van der Waals surface area contributed by atoms with Crippen LogP contribution < -0.4 is 15.8 Å². The number of carbonyl (C=O) groups excluding carboxylic acids is 1. The first-order valence-electron chi connectivity index (χ1n) is 8.74. The van der Waals surface area contributed by atoms with E-state index in [1.807, 2.05) is 45.0 Å². The van der Waals surface area contributed by atoms with Gasteiger partial charge in [-0.25, -0.2) is 4.99 Å². The topological polar surface area (TPSA) is 85.9 Å². The van der Waals surface area contributed by atoms with Crippen molar-refractivity contribution in [2.45, 2.75) is 58.1 Å². The van der Waals surface area contributed by atoms with Crippen LogP contribution in [0.1, 0.15) is 46.5 Å². The smallest absolute Gasteiger partial charge is 0.309 e. The van der Waals surface area contributed by atoms with Crippen molar-refractivity contribution in [1.82, 2.24) is 0 Å². The molecule has 0 spiro atoms. The zero-order valence-corrected chi connectivity index (χ0v) is 18.3. The number of ether oxygens (including phenoxy) is 2. The number of anilines is 1. The third kappa shape index (κ3) is 7.39. The van der Waals surface area contributed by atoms with Gasteiger partial charge in [0.05, 0.1) is 19.1 Å². The highest BCUT2D eigenvalue weighted by Gasteiger charge is 2.29. The van der Waals surface area contributed by atoms with Crippen LogP contribution in [0.2, 0.25) is 0 Å². The second kappa shape index (κ2) is 9.99. The first kappa shape index (κ1) is 22.5. The van der Waals surface area contributed by atoms with Crippen LogP contribution in [-0.4, -0.2) is 30.7 Å². The minimum Gasteiger partial charge on any atom is -0.497 e. The predicted octanol–water partition coefficient (Wildman–Crippen LogP) is 3.94. The number of esters is 1. The summed E-state index contributed by atoms with van der Waals surface area (Å²) >= 11 is 0. The number of rotatable bonds is 4. The summed E-state index contributed by atoms with van der Waals surface area (Å²) in [4.78, 5) is 16.7. The van der Waals surface area contributed by atoms with E-state index in [2.05, 4.69) is 10.3 Å². The molecule has 1 fully saturated rings. The fourth-order valence-corrected chi connectivity index (χ4v) is 2.90. The zero-order valence-electron chi connectivity index (χ0n) is 16.0. The average molecular weight is 475 g/mol. The van der Waals surface area contributed by atoms with Gasteiger partial charge in [-0.15, -0.1) is 24.0 Å². The molecule has 3 N–H and O–H groups in total. The SMILES string of the molecule is COc1cccc(NC(N)=NC2CCC(C(=O)OC(C)(C)C)CC2)c1.I. The Kier molecular flexibility index (Phi) is 8.66.